The van der Waals surface area contributed by atoms with Gasteiger partial charge in [0.25, 0.3) is 0 Å². The lowest BCUT2D eigenvalue weighted by atomic mass is 9.97. The fourth-order valence-corrected chi connectivity index (χ4v) is 1.88. The van der Waals surface area contributed by atoms with Gasteiger partial charge < -0.3 is 11.5 Å². The Labute approximate surface area is 104 Å². The van der Waals surface area contributed by atoms with Crippen LogP contribution >= 0.6 is 0 Å². The summed E-state index contributed by atoms with van der Waals surface area (Å²) >= 11 is 0. The number of benzene rings is 2. The van der Waals surface area contributed by atoms with E-state index in [9.17, 15) is 9.59 Å². The number of primary amides is 2. The summed E-state index contributed by atoms with van der Waals surface area (Å²) in [5.41, 5.74) is 11.1. The molecule has 4 nitrogen and oxygen atoms in total. The van der Waals surface area contributed by atoms with E-state index in [1.54, 1.807) is 12.1 Å². The number of amides is 2. The van der Waals surface area contributed by atoms with E-state index in [1.165, 1.54) is 0 Å². The second-order valence-corrected chi connectivity index (χ2v) is 3.85. The van der Waals surface area contributed by atoms with Crippen molar-refractivity contribution in [3.05, 3.63) is 54.1 Å². The van der Waals surface area contributed by atoms with Crippen molar-refractivity contribution in [3.63, 3.8) is 0 Å². The fraction of sp³-hybridized carbons (Fsp3) is 0. The molecule has 0 aliphatic rings. The molecule has 0 fully saturated rings. The van der Waals surface area contributed by atoms with Crippen molar-refractivity contribution in [1.82, 2.24) is 0 Å². The number of hydrogen-bond donors (Lipinski definition) is 2. The third-order valence-corrected chi connectivity index (χ3v) is 2.63. The minimum atomic E-state index is -0.697. The van der Waals surface area contributed by atoms with Crippen LogP contribution < -0.4 is 11.5 Å². The van der Waals surface area contributed by atoms with Crippen LogP contribution in [0.2, 0.25) is 0 Å². The highest BCUT2D eigenvalue weighted by Crippen LogP contribution is 2.24. The Hall–Kier alpha value is -2.62. The van der Waals surface area contributed by atoms with Crippen molar-refractivity contribution in [2.24, 2.45) is 11.5 Å². The first-order valence-electron chi connectivity index (χ1n) is 5.38. The van der Waals surface area contributed by atoms with E-state index in [2.05, 4.69) is 0 Å². The first-order valence-corrected chi connectivity index (χ1v) is 5.38. The van der Waals surface area contributed by atoms with E-state index in [0.29, 0.717) is 5.56 Å². The zero-order valence-electron chi connectivity index (χ0n) is 9.59. The molecule has 0 bridgehead atoms. The Balaban J connectivity index is 2.73. The zero-order chi connectivity index (χ0) is 13.1. The number of rotatable bonds is 3. The van der Waals surface area contributed by atoms with Crippen LogP contribution in [0.15, 0.2) is 48.5 Å². The van der Waals surface area contributed by atoms with Crippen LogP contribution in [-0.4, -0.2) is 11.8 Å². The van der Waals surface area contributed by atoms with Gasteiger partial charge in [0, 0.05) is 6.08 Å². The van der Waals surface area contributed by atoms with Gasteiger partial charge in [0.05, 0.1) is 5.57 Å². The second kappa shape index (κ2) is 4.71. The van der Waals surface area contributed by atoms with Gasteiger partial charge in [0.1, 0.15) is 0 Å². The van der Waals surface area contributed by atoms with E-state index in [-0.39, 0.29) is 5.57 Å². The molecule has 0 saturated carbocycles. The Morgan fingerprint density at radius 3 is 2.28 bits per heavy atom. The van der Waals surface area contributed by atoms with E-state index in [1.807, 2.05) is 30.3 Å². The van der Waals surface area contributed by atoms with Gasteiger partial charge in [-0.3, -0.25) is 9.59 Å². The summed E-state index contributed by atoms with van der Waals surface area (Å²) < 4.78 is 0. The summed E-state index contributed by atoms with van der Waals surface area (Å²) in [6.45, 7) is 0. The topological polar surface area (TPSA) is 86.2 Å². The summed E-state index contributed by atoms with van der Waals surface area (Å²) in [6, 6.07) is 13.0. The van der Waals surface area contributed by atoms with E-state index in [4.69, 9.17) is 11.5 Å². The van der Waals surface area contributed by atoms with Crippen LogP contribution in [0.3, 0.4) is 0 Å². The van der Waals surface area contributed by atoms with Gasteiger partial charge >= 0.3 is 0 Å². The summed E-state index contributed by atoms with van der Waals surface area (Å²) in [7, 11) is 0. The molecule has 0 spiro atoms. The maximum absolute atomic E-state index is 11.4. The Morgan fingerprint density at radius 1 is 0.944 bits per heavy atom. The molecular weight excluding hydrogens is 228 g/mol. The molecule has 0 radical (unpaired) electrons. The van der Waals surface area contributed by atoms with Crippen LogP contribution in [0.4, 0.5) is 0 Å². The summed E-state index contributed by atoms with van der Waals surface area (Å²) in [5.74, 6) is -1.37. The molecule has 2 aromatic carbocycles. The third kappa shape index (κ3) is 2.22. The average Bonchev–Trinajstić information content (AvgIpc) is 2.35. The highest BCUT2D eigenvalue weighted by atomic mass is 16.1. The van der Waals surface area contributed by atoms with Gasteiger partial charge in [-0.25, -0.2) is 0 Å². The van der Waals surface area contributed by atoms with Gasteiger partial charge in [0.15, 0.2) is 0 Å². The Morgan fingerprint density at radius 2 is 1.61 bits per heavy atom. The van der Waals surface area contributed by atoms with Gasteiger partial charge in [-0.1, -0.05) is 42.5 Å². The van der Waals surface area contributed by atoms with Crippen molar-refractivity contribution < 1.29 is 9.59 Å². The molecular formula is C14H12N2O2. The van der Waals surface area contributed by atoms with Crippen molar-refractivity contribution >= 4 is 28.2 Å². The third-order valence-electron chi connectivity index (χ3n) is 2.63. The molecule has 0 aromatic heterocycles. The fourth-order valence-electron chi connectivity index (χ4n) is 1.88. The molecule has 0 saturated heterocycles. The molecule has 18 heavy (non-hydrogen) atoms. The normalized spacial score (nSPS) is 11.4. The monoisotopic (exact) mass is 240 g/mol. The van der Waals surface area contributed by atoms with Crippen LogP contribution in [0, 0.1) is 0 Å². The van der Waals surface area contributed by atoms with Crippen molar-refractivity contribution in [2.75, 3.05) is 0 Å². The van der Waals surface area contributed by atoms with Crippen molar-refractivity contribution in [2.45, 2.75) is 0 Å². The molecule has 4 heteroatoms. The SMILES string of the molecule is NC(=O)/C=C(\C(N)=O)c1cccc2ccccc12. The molecule has 2 rings (SSSR count). The van der Waals surface area contributed by atoms with E-state index >= 15 is 0 Å². The quantitative estimate of drug-likeness (QED) is 0.789. The van der Waals surface area contributed by atoms with E-state index in [0.717, 1.165) is 16.8 Å². The van der Waals surface area contributed by atoms with Crippen LogP contribution in [0.25, 0.3) is 16.3 Å². The zero-order valence-corrected chi connectivity index (χ0v) is 9.59. The molecule has 0 atom stereocenters. The number of carbonyl (C=O) groups is 2. The minimum Gasteiger partial charge on any atom is -0.366 e. The molecule has 0 aliphatic heterocycles. The van der Waals surface area contributed by atoms with Crippen LogP contribution in [0.1, 0.15) is 5.56 Å². The number of nitrogens with two attached hydrogens (primary N) is 2. The van der Waals surface area contributed by atoms with Gasteiger partial charge in [-0.2, -0.15) is 0 Å². The smallest absolute Gasteiger partial charge is 0.249 e. The Bertz CT molecular complexity index is 654. The lowest BCUT2D eigenvalue weighted by molar-refractivity contribution is -0.115. The lowest BCUT2D eigenvalue weighted by Gasteiger charge is -2.07. The second-order valence-electron chi connectivity index (χ2n) is 3.85. The summed E-state index contributed by atoms with van der Waals surface area (Å²) in [6.07, 6.45) is 1.06. The molecule has 0 heterocycles. The van der Waals surface area contributed by atoms with E-state index < -0.39 is 11.8 Å². The van der Waals surface area contributed by atoms with Gasteiger partial charge in [0.2, 0.25) is 11.8 Å². The first kappa shape index (κ1) is 11.9. The number of hydrogen-bond acceptors (Lipinski definition) is 2. The molecule has 4 N–H and O–H groups in total. The number of fused-ring (bicyclic) bond motifs is 1. The first-order chi connectivity index (χ1) is 8.59. The van der Waals surface area contributed by atoms with Crippen molar-refractivity contribution in [3.8, 4) is 0 Å². The van der Waals surface area contributed by atoms with Crippen LogP contribution in [0.5, 0.6) is 0 Å². The molecule has 90 valence electrons. The maximum atomic E-state index is 11.4. The van der Waals surface area contributed by atoms with Gasteiger partial charge in [-0.05, 0) is 16.3 Å². The maximum Gasteiger partial charge on any atom is 0.249 e. The summed E-state index contributed by atoms with van der Waals surface area (Å²) in [4.78, 5) is 22.4. The van der Waals surface area contributed by atoms with Gasteiger partial charge in [-0.15, -0.1) is 0 Å². The lowest BCUT2D eigenvalue weighted by Crippen LogP contribution is -2.17. The largest absolute Gasteiger partial charge is 0.366 e. The predicted octanol–water partition coefficient (Wildman–Crippen LogP) is 1.19. The minimum absolute atomic E-state index is 0.124. The van der Waals surface area contributed by atoms with Crippen LogP contribution in [-0.2, 0) is 9.59 Å². The summed E-state index contributed by atoms with van der Waals surface area (Å²) in [5, 5.41) is 1.82. The molecule has 2 aromatic rings. The highest BCUT2D eigenvalue weighted by Gasteiger charge is 2.12. The number of carbonyl (C=O) groups excluding carboxylic acids is 2. The Kier molecular flexibility index (Phi) is 3.10. The molecule has 0 aliphatic carbocycles. The highest BCUT2D eigenvalue weighted by molar-refractivity contribution is 6.25. The standard InChI is InChI=1S/C14H12N2O2/c15-13(17)8-12(14(16)18)11-7-3-5-9-4-1-2-6-10(9)11/h1-8H,(H2,15,17)(H2,16,18)/b12-8-. The predicted molar refractivity (Wildman–Crippen MR) is 70.3 cm³/mol. The van der Waals surface area contributed by atoms with Crippen molar-refractivity contribution in [1.29, 1.82) is 0 Å². The average molecular weight is 240 g/mol. The molecule has 0 unspecified atom stereocenters. The molecule has 2 amide bonds.